The molecule has 1 aliphatic rings. The fraction of sp³-hybridized carbons (Fsp3) is 0.625. The maximum Gasteiger partial charge on any atom is 0.0900 e. The van der Waals surface area contributed by atoms with Gasteiger partial charge in [0.05, 0.1) is 12.7 Å². The summed E-state index contributed by atoms with van der Waals surface area (Å²) in [5.74, 6) is 0. The summed E-state index contributed by atoms with van der Waals surface area (Å²) in [5, 5.41) is 9.85. The fourth-order valence-electron chi connectivity index (χ4n) is 2.91. The van der Waals surface area contributed by atoms with Crippen molar-refractivity contribution in [2.45, 2.75) is 25.0 Å². The molecule has 2 atom stereocenters. The summed E-state index contributed by atoms with van der Waals surface area (Å²) in [7, 11) is 3.72. The molecule has 1 N–H and O–H groups in total. The SMILES string of the molecule is COC[C@@H](O)CN(C)[C@H]1CCCN(c2ccccc2)C1. The maximum absolute atomic E-state index is 9.85. The van der Waals surface area contributed by atoms with Crippen LogP contribution in [0.4, 0.5) is 5.69 Å². The number of likely N-dealkylation sites (N-methyl/N-ethyl adjacent to an activating group) is 1. The molecule has 1 aliphatic heterocycles. The molecule has 1 saturated heterocycles. The second-order valence-corrected chi connectivity index (χ2v) is 5.63. The van der Waals surface area contributed by atoms with Gasteiger partial charge in [-0.25, -0.2) is 0 Å². The number of para-hydroxylation sites is 1. The molecular weight excluding hydrogens is 252 g/mol. The van der Waals surface area contributed by atoms with Crippen molar-refractivity contribution in [3.63, 3.8) is 0 Å². The Morgan fingerprint density at radius 1 is 1.40 bits per heavy atom. The average Bonchev–Trinajstić information content (AvgIpc) is 2.48. The summed E-state index contributed by atoms with van der Waals surface area (Å²) in [6.45, 7) is 3.22. The number of nitrogens with zero attached hydrogens (tertiary/aromatic N) is 2. The van der Waals surface area contributed by atoms with Gasteiger partial charge in [-0.2, -0.15) is 0 Å². The molecule has 4 nitrogen and oxygen atoms in total. The number of hydrogen-bond acceptors (Lipinski definition) is 4. The number of anilines is 1. The summed E-state index contributed by atoms with van der Waals surface area (Å²) in [5.41, 5.74) is 1.29. The third-order valence-corrected chi connectivity index (χ3v) is 4.00. The van der Waals surface area contributed by atoms with Crippen molar-refractivity contribution in [3.05, 3.63) is 30.3 Å². The summed E-state index contributed by atoms with van der Waals surface area (Å²) >= 11 is 0. The fourth-order valence-corrected chi connectivity index (χ4v) is 2.91. The third kappa shape index (κ3) is 4.20. The molecule has 2 rings (SSSR count). The van der Waals surface area contributed by atoms with E-state index in [1.165, 1.54) is 18.5 Å². The van der Waals surface area contributed by atoms with Crippen LogP contribution < -0.4 is 4.90 Å². The van der Waals surface area contributed by atoms with Gasteiger partial charge in [0.1, 0.15) is 0 Å². The Balaban J connectivity index is 1.90. The molecule has 1 aromatic carbocycles. The van der Waals surface area contributed by atoms with E-state index in [0.717, 1.165) is 13.1 Å². The van der Waals surface area contributed by atoms with E-state index in [4.69, 9.17) is 4.74 Å². The first-order chi connectivity index (χ1) is 9.70. The van der Waals surface area contributed by atoms with Gasteiger partial charge in [0.15, 0.2) is 0 Å². The Morgan fingerprint density at radius 2 is 2.15 bits per heavy atom. The number of rotatable bonds is 6. The predicted octanol–water partition coefficient (Wildman–Crippen LogP) is 1.59. The minimum absolute atomic E-state index is 0.402. The van der Waals surface area contributed by atoms with E-state index < -0.39 is 6.10 Å². The minimum atomic E-state index is -0.405. The molecule has 1 heterocycles. The Kier molecular flexibility index (Phi) is 5.83. The highest BCUT2D eigenvalue weighted by molar-refractivity contribution is 5.46. The minimum Gasteiger partial charge on any atom is -0.389 e. The molecule has 0 radical (unpaired) electrons. The van der Waals surface area contributed by atoms with E-state index >= 15 is 0 Å². The highest BCUT2D eigenvalue weighted by Gasteiger charge is 2.24. The quantitative estimate of drug-likeness (QED) is 0.857. The number of methoxy groups -OCH3 is 1. The molecule has 0 saturated carbocycles. The first-order valence-electron chi connectivity index (χ1n) is 7.38. The Hall–Kier alpha value is -1.10. The Bertz CT molecular complexity index is 385. The van der Waals surface area contributed by atoms with Crippen molar-refractivity contribution in [1.82, 2.24) is 4.90 Å². The maximum atomic E-state index is 9.85. The molecular formula is C16H26N2O2. The highest BCUT2D eigenvalue weighted by Crippen LogP contribution is 2.21. The van der Waals surface area contributed by atoms with Crippen LogP contribution >= 0.6 is 0 Å². The molecule has 0 aliphatic carbocycles. The lowest BCUT2D eigenvalue weighted by Crippen LogP contribution is -2.49. The number of ether oxygens (including phenoxy) is 1. The summed E-state index contributed by atoms with van der Waals surface area (Å²) < 4.78 is 5.00. The van der Waals surface area contributed by atoms with E-state index in [0.29, 0.717) is 19.2 Å². The van der Waals surface area contributed by atoms with Crippen molar-refractivity contribution in [2.75, 3.05) is 45.3 Å². The Morgan fingerprint density at radius 3 is 2.85 bits per heavy atom. The summed E-state index contributed by atoms with van der Waals surface area (Å²) in [6.07, 6.45) is 1.99. The predicted molar refractivity (Wildman–Crippen MR) is 82.2 cm³/mol. The second-order valence-electron chi connectivity index (χ2n) is 5.63. The molecule has 112 valence electrons. The van der Waals surface area contributed by atoms with E-state index in [1.807, 2.05) is 0 Å². The lowest BCUT2D eigenvalue weighted by Gasteiger charge is -2.39. The molecule has 0 amide bonds. The zero-order valence-electron chi connectivity index (χ0n) is 12.5. The lowest BCUT2D eigenvalue weighted by atomic mass is 10.0. The van der Waals surface area contributed by atoms with Crippen LogP contribution in [0.25, 0.3) is 0 Å². The van der Waals surface area contributed by atoms with Gasteiger partial charge in [0, 0.05) is 38.5 Å². The average molecular weight is 278 g/mol. The number of benzene rings is 1. The van der Waals surface area contributed by atoms with Crippen LogP contribution in [0.3, 0.4) is 0 Å². The number of piperidine rings is 1. The van der Waals surface area contributed by atoms with Crippen LogP contribution in [0.15, 0.2) is 30.3 Å². The van der Waals surface area contributed by atoms with Crippen molar-refractivity contribution in [1.29, 1.82) is 0 Å². The topological polar surface area (TPSA) is 35.9 Å². The van der Waals surface area contributed by atoms with E-state index in [9.17, 15) is 5.11 Å². The number of aliphatic hydroxyl groups is 1. The van der Waals surface area contributed by atoms with Gasteiger partial charge in [0.25, 0.3) is 0 Å². The highest BCUT2D eigenvalue weighted by atomic mass is 16.5. The van der Waals surface area contributed by atoms with Crippen LogP contribution in [0, 0.1) is 0 Å². The van der Waals surface area contributed by atoms with E-state index in [2.05, 4.69) is 47.2 Å². The lowest BCUT2D eigenvalue weighted by molar-refractivity contribution is 0.0326. The van der Waals surface area contributed by atoms with Gasteiger partial charge < -0.3 is 14.7 Å². The van der Waals surface area contributed by atoms with Crippen LogP contribution in [-0.4, -0.2) is 62.6 Å². The van der Waals surface area contributed by atoms with E-state index in [-0.39, 0.29) is 0 Å². The van der Waals surface area contributed by atoms with E-state index in [1.54, 1.807) is 7.11 Å². The molecule has 0 bridgehead atoms. The van der Waals surface area contributed by atoms with Gasteiger partial charge in [-0.1, -0.05) is 18.2 Å². The Labute approximate surface area is 122 Å². The van der Waals surface area contributed by atoms with Gasteiger partial charge in [-0.15, -0.1) is 0 Å². The standard InChI is InChI=1S/C16H26N2O2/c1-17(12-16(19)13-20-2)15-9-6-10-18(11-15)14-7-4-3-5-8-14/h3-5,7-8,15-16,19H,6,9-13H2,1-2H3/t15-,16-/m0/s1. The first-order valence-corrected chi connectivity index (χ1v) is 7.38. The van der Waals surface area contributed by atoms with Crippen molar-refractivity contribution in [3.8, 4) is 0 Å². The van der Waals surface area contributed by atoms with Gasteiger partial charge in [-0.3, -0.25) is 4.90 Å². The van der Waals surface area contributed by atoms with Gasteiger partial charge in [-0.05, 0) is 32.0 Å². The normalized spacial score (nSPS) is 21.2. The second kappa shape index (κ2) is 7.62. The van der Waals surface area contributed by atoms with Crippen LogP contribution in [0.2, 0.25) is 0 Å². The zero-order chi connectivity index (χ0) is 14.4. The van der Waals surface area contributed by atoms with Gasteiger partial charge in [0.2, 0.25) is 0 Å². The number of hydrogen-bond donors (Lipinski definition) is 1. The summed E-state index contributed by atoms with van der Waals surface area (Å²) in [6, 6.07) is 11.1. The molecule has 0 spiro atoms. The molecule has 4 heteroatoms. The van der Waals surface area contributed by atoms with Crippen LogP contribution in [-0.2, 0) is 4.74 Å². The molecule has 20 heavy (non-hydrogen) atoms. The van der Waals surface area contributed by atoms with Crippen molar-refractivity contribution < 1.29 is 9.84 Å². The first kappa shape index (κ1) is 15.3. The van der Waals surface area contributed by atoms with Crippen LogP contribution in [0.1, 0.15) is 12.8 Å². The summed E-state index contributed by atoms with van der Waals surface area (Å²) in [4.78, 5) is 4.70. The van der Waals surface area contributed by atoms with Crippen molar-refractivity contribution >= 4 is 5.69 Å². The smallest absolute Gasteiger partial charge is 0.0900 e. The molecule has 1 aromatic rings. The monoisotopic (exact) mass is 278 g/mol. The van der Waals surface area contributed by atoms with Crippen LogP contribution in [0.5, 0.6) is 0 Å². The largest absolute Gasteiger partial charge is 0.389 e. The zero-order valence-corrected chi connectivity index (χ0v) is 12.5. The molecule has 0 unspecified atom stereocenters. The molecule has 1 fully saturated rings. The van der Waals surface area contributed by atoms with Crippen molar-refractivity contribution in [2.24, 2.45) is 0 Å². The van der Waals surface area contributed by atoms with Gasteiger partial charge >= 0.3 is 0 Å². The number of aliphatic hydroxyl groups excluding tert-OH is 1. The molecule has 0 aromatic heterocycles. The third-order valence-electron chi connectivity index (χ3n) is 4.00.